The molecule has 2 amide bonds. The molecule has 128 valence electrons. The SMILES string of the molecule is COc1ccc(NC(=O)CNC(=O)c2sc3ccccc3c2Cl)cn1. The van der Waals surface area contributed by atoms with E-state index in [0.29, 0.717) is 21.5 Å². The quantitative estimate of drug-likeness (QED) is 0.716. The van der Waals surface area contributed by atoms with Crippen LogP contribution in [0.4, 0.5) is 5.69 Å². The van der Waals surface area contributed by atoms with Crippen molar-refractivity contribution in [1.82, 2.24) is 10.3 Å². The summed E-state index contributed by atoms with van der Waals surface area (Å²) in [6.07, 6.45) is 1.47. The van der Waals surface area contributed by atoms with E-state index in [9.17, 15) is 9.59 Å². The molecular formula is C17H14ClN3O3S. The number of aromatic nitrogens is 1. The fourth-order valence-corrected chi connectivity index (χ4v) is 3.61. The van der Waals surface area contributed by atoms with Gasteiger partial charge in [0.2, 0.25) is 11.8 Å². The Morgan fingerprint density at radius 1 is 1.24 bits per heavy atom. The first-order valence-corrected chi connectivity index (χ1v) is 8.53. The minimum atomic E-state index is -0.380. The van der Waals surface area contributed by atoms with Gasteiger partial charge in [0.1, 0.15) is 4.88 Å². The number of pyridine rings is 1. The molecule has 0 radical (unpaired) electrons. The molecule has 0 aliphatic carbocycles. The van der Waals surface area contributed by atoms with Crippen molar-refractivity contribution in [1.29, 1.82) is 0 Å². The molecule has 0 saturated carbocycles. The van der Waals surface area contributed by atoms with Crippen LogP contribution < -0.4 is 15.4 Å². The van der Waals surface area contributed by atoms with Crippen molar-refractivity contribution < 1.29 is 14.3 Å². The predicted molar refractivity (Wildman–Crippen MR) is 98.6 cm³/mol. The Labute approximate surface area is 152 Å². The summed E-state index contributed by atoms with van der Waals surface area (Å²) in [5.41, 5.74) is 0.514. The van der Waals surface area contributed by atoms with Gasteiger partial charge in [0, 0.05) is 16.2 Å². The summed E-state index contributed by atoms with van der Waals surface area (Å²) >= 11 is 7.55. The van der Waals surface area contributed by atoms with E-state index in [-0.39, 0.29) is 18.4 Å². The molecule has 0 spiro atoms. The maximum Gasteiger partial charge on any atom is 0.263 e. The third kappa shape index (κ3) is 3.89. The molecule has 8 heteroatoms. The van der Waals surface area contributed by atoms with Gasteiger partial charge in [-0.25, -0.2) is 4.98 Å². The van der Waals surface area contributed by atoms with E-state index in [0.717, 1.165) is 10.1 Å². The number of anilines is 1. The fourth-order valence-electron chi connectivity index (χ4n) is 2.18. The van der Waals surface area contributed by atoms with Crippen molar-refractivity contribution >= 4 is 50.5 Å². The highest BCUT2D eigenvalue weighted by atomic mass is 35.5. The number of fused-ring (bicyclic) bond motifs is 1. The lowest BCUT2D eigenvalue weighted by Crippen LogP contribution is -2.32. The second kappa shape index (κ2) is 7.50. The summed E-state index contributed by atoms with van der Waals surface area (Å²) in [6.45, 7) is -0.171. The van der Waals surface area contributed by atoms with Crippen LogP contribution in [0.1, 0.15) is 9.67 Å². The minimum absolute atomic E-state index is 0.171. The molecule has 0 unspecified atom stereocenters. The average Bonchev–Trinajstić information content (AvgIpc) is 2.97. The molecule has 2 N–H and O–H groups in total. The van der Waals surface area contributed by atoms with Crippen molar-refractivity contribution in [3.63, 3.8) is 0 Å². The number of benzene rings is 1. The molecule has 3 rings (SSSR count). The van der Waals surface area contributed by atoms with Crippen molar-refractivity contribution in [2.75, 3.05) is 19.0 Å². The number of nitrogens with zero attached hydrogens (tertiary/aromatic N) is 1. The molecule has 0 saturated heterocycles. The molecule has 0 fully saturated rings. The zero-order chi connectivity index (χ0) is 17.8. The first-order valence-electron chi connectivity index (χ1n) is 7.33. The maximum absolute atomic E-state index is 12.3. The van der Waals surface area contributed by atoms with Gasteiger partial charge in [-0.1, -0.05) is 29.8 Å². The fraction of sp³-hybridized carbons (Fsp3) is 0.118. The van der Waals surface area contributed by atoms with E-state index >= 15 is 0 Å². The molecule has 0 bridgehead atoms. The van der Waals surface area contributed by atoms with Crippen LogP contribution in [0.3, 0.4) is 0 Å². The van der Waals surface area contributed by atoms with Crippen LogP contribution in [0.5, 0.6) is 5.88 Å². The highest BCUT2D eigenvalue weighted by Gasteiger charge is 2.17. The summed E-state index contributed by atoms with van der Waals surface area (Å²) in [5.74, 6) is -0.294. The molecule has 1 aromatic carbocycles. The van der Waals surface area contributed by atoms with Gasteiger partial charge in [-0.05, 0) is 12.1 Å². The van der Waals surface area contributed by atoms with E-state index in [1.54, 1.807) is 12.1 Å². The van der Waals surface area contributed by atoms with Crippen LogP contribution >= 0.6 is 22.9 Å². The molecule has 0 atom stereocenters. The van der Waals surface area contributed by atoms with Gasteiger partial charge in [0.05, 0.1) is 30.6 Å². The lowest BCUT2D eigenvalue weighted by atomic mass is 10.2. The molecule has 2 aromatic heterocycles. The number of halogens is 1. The van der Waals surface area contributed by atoms with Crippen molar-refractivity contribution in [2.24, 2.45) is 0 Å². The Kier molecular flexibility index (Phi) is 5.16. The number of carbonyl (C=O) groups excluding carboxylic acids is 2. The summed E-state index contributed by atoms with van der Waals surface area (Å²) in [6, 6.07) is 10.8. The standard InChI is InChI=1S/C17H14ClN3O3S/c1-24-14-7-6-10(8-19-14)21-13(22)9-20-17(23)16-15(18)11-4-2-3-5-12(11)25-16/h2-8H,9H2,1H3,(H,20,23)(H,21,22). The van der Waals surface area contributed by atoms with Crippen molar-refractivity contribution in [2.45, 2.75) is 0 Å². The van der Waals surface area contributed by atoms with Gasteiger partial charge >= 0.3 is 0 Å². The number of amides is 2. The topological polar surface area (TPSA) is 80.3 Å². The predicted octanol–water partition coefficient (Wildman–Crippen LogP) is 3.33. The summed E-state index contributed by atoms with van der Waals surface area (Å²) < 4.78 is 5.87. The Balaban J connectivity index is 1.60. The Morgan fingerprint density at radius 2 is 2.04 bits per heavy atom. The normalized spacial score (nSPS) is 10.5. The molecule has 3 aromatic rings. The van der Waals surface area contributed by atoms with Gasteiger partial charge in [0.15, 0.2) is 0 Å². The molecule has 25 heavy (non-hydrogen) atoms. The van der Waals surface area contributed by atoms with Crippen LogP contribution in [-0.4, -0.2) is 30.5 Å². The van der Waals surface area contributed by atoms with Crippen LogP contribution in [0, 0.1) is 0 Å². The molecule has 2 heterocycles. The average molecular weight is 376 g/mol. The number of nitrogens with one attached hydrogen (secondary N) is 2. The number of hydrogen-bond donors (Lipinski definition) is 2. The molecule has 6 nitrogen and oxygen atoms in total. The van der Waals surface area contributed by atoms with Gasteiger partial charge in [-0.2, -0.15) is 0 Å². The summed E-state index contributed by atoms with van der Waals surface area (Å²) in [7, 11) is 1.51. The van der Waals surface area contributed by atoms with E-state index in [2.05, 4.69) is 15.6 Å². The number of methoxy groups -OCH3 is 1. The number of hydrogen-bond acceptors (Lipinski definition) is 5. The van der Waals surface area contributed by atoms with E-state index < -0.39 is 0 Å². The summed E-state index contributed by atoms with van der Waals surface area (Å²) in [4.78, 5) is 28.6. The lowest BCUT2D eigenvalue weighted by molar-refractivity contribution is -0.115. The van der Waals surface area contributed by atoms with E-state index in [4.69, 9.17) is 16.3 Å². The largest absolute Gasteiger partial charge is 0.481 e. The molecule has 0 aliphatic rings. The molecular weight excluding hydrogens is 362 g/mol. The first kappa shape index (κ1) is 17.2. The monoisotopic (exact) mass is 375 g/mol. The van der Waals surface area contributed by atoms with Crippen LogP contribution in [-0.2, 0) is 4.79 Å². The van der Waals surface area contributed by atoms with Crippen LogP contribution in [0.2, 0.25) is 5.02 Å². The molecule has 0 aliphatic heterocycles. The smallest absolute Gasteiger partial charge is 0.263 e. The van der Waals surface area contributed by atoms with Gasteiger partial charge in [-0.3, -0.25) is 9.59 Å². The van der Waals surface area contributed by atoms with Gasteiger partial charge in [-0.15, -0.1) is 11.3 Å². The zero-order valence-corrected chi connectivity index (χ0v) is 14.8. The van der Waals surface area contributed by atoms with Crippen LogP contribution in [0.15, 0.2) is 42.6 Å². The number of carbonyl (C=O) groups is 2. The Morgan fingerprint density at radius 3 is 2.72 bits per heavy atom. The van der Waals surface area contributed by atoms with Crippen LogP contribution in [0.25, 0.3) is 10.1 Å². The zero-order valence-electron chi connectivity index (χ0n) is 13.2. The summed E-state index contributed by atoms with van der Waals surface area (Å²) in [5, 5.41) is 6.44. The highest BCUT2D eigenvalue weighted by molar-refractivity contribution is 7.21. The van der Waals surface area contributed by atoms with Crippen molar-refractivity contribution in [3.8, 4) is 5.88 Å². The van der Waals surface area contributed by atoms with Crippen molar-refractivity contribution in [3.05, 3.63) is 52.5 Å². The third-order valence-corrected chi connectivity index (χ3v) is 5.05. The number of ether oxygens (including phenoxy) is 1. The highest BCUT2D eigenvalue weighted by Crippen LogP contribution is 2.34. The second-order valence-corrected chi connectivity index (χ2v) is 6.49. The third-order valence-electron chi connectivity index (χ3n) is 3.38. The number of rotatable bonds is 5. The van der Waals surface area contributed by atoms with E-state index in [1.165, 1.54) is 24.6 Å². The Bertz CT molecular complexity index is 925. The second-order valence-electron chi connectivity index (χ2n) is 5.06. The van der Waals surface area contributed by atoms with Gasteiger partial charge < -0.3 is 15.4 Å². The number of thiophene rings is 1. The van der Waals surface area contributed by atoms with Gasteiger partial charge in [0.25, 0.3) is 5.91 Å². The first-order chi connectivity index (χ1) is 12.1. The Hall–Kier alpha value is -2.64. The lowest BCUT2D eigenvalue weighted by Gasteiger charge is -2.06. The van der Waals surface area contributed by atoms with E-state index in [1.807, 2.05) is 24.3 Å². The maximum atomic E-state index is 12.3. The minimum Gasteiger partial charge on any atom is -0.481 e.